The summed E-state index contributed by atoms with van der Waals surface area (Å²) in [6.07, 6.45) is 1.87. The molecule has 0 aliphatic heterocycles. The first-order valence-electron chi connectivity index (χ1n) is 11.3. The molecule has 5 aromatic rings. The molecule has 1 amide bonds. The molecular weight excluding hydrogens is 454 g/mol. The van der Waals surface area contributed by atoms with Crippen LogP contribution in [0.1, 0.15) is 15.9 Å². The Morgan fingerprint density at radius 2 is 1.75 bits per heavy atom. The Balaban J connectivity index is 1.27. The molecular formula is C27H25N7O2. The van der Waals surface area contributed by atoms with Crippen LogP contribution in [0.5, 0.6) is 5.75 Å². The highest BCUT2D eigenvalue weighted by Crippen LogP contribution is 2.23. The summed E-state index contributed by atoms with van der Waals surface area (Å²) >= 11 is 0. The van der Waals surface area contributed by atoms with E-state index in [9.17, 15) is 4.79 Å². The molecule has 0 radical (unpaired) electrons. The van der Waals surface area contributed by atoms with Crippen LogP contribution in [-0.2, 0) is 6.54 Å². The highest BCUT2D eigenvalue weighted by Gasteiger charge is 2.10. The number of methoxy groups -OCH3 is 1. The number of nitrogens with one attached hydrogen (secondary N) is 3. The van der Waals surface area contributed by atoms with Gasteiger partial charge in [0.05, 0.1) is 18.5 Å². The van der Waals surface area contributed by atoms with Crippen molar-refractivity contribution in [3.05, 3.63) is 102 Å². The number of carbonyl (C=O) groups excluding carboxylic acids is 1. The van der Waals surface area contributed by atoms with Gasteiger partial charge in [0.25, 0.3) is 5.91 Å². The van der Waals surface area contributed by atoms with Gasteiger partial charge in [0.1, 0.15) is 11.3 Å². The molecule has 0 aliphatic rings. The summed E-state index contributed by atoms with van der Waals surface area (Å²) in [6, 6.07) is 26.0. The number of fused-ring (bicyclic) bond motifs is 1. The maximum Gasteiger partial charge on any atom is 0.255 e. The molecule has 9 heteroatoms. The van der Waals surface area contributed by atoms with Gasteiger partial charge < -0.3 is 26.4 Å². The minimum atomic E-state index is -0.219. The van der Waals surface area contributed by atoms with Crippen LogP contribution in [0.2, 0.25) is 0 Å². The molecule has 2 aromatic heterocycles. The van der Waals surface area contributed by atoms with Crippen LogP contribution in [-0.4, -0.2) is 27.6 Å². The van der Waals surface area contributed by atoms with E-state index in [4.69, 9.17) is 10.5 Å². The summed E-state index contributed by atoms with van der Waals surface area (Å²) < 4.78 is 7.00. The van der Waals surface area contributed by atoms with Crippen molar-refractivity contribution in [1.29, 1.82) is 0 Å². The van der Waals surface area contributed by atoms with E-state index >= 15 is 0 Å². The van der Waals surface area contributed by atoms with Gasteiger partial charge in [0.15, 0.2) is 5.82 Å². The van der Waals surface area contributed by atoms with Gasteiger partial charge in [-0.1, -0.05) is 24.3 Å². The number of hydrogen-bond donors (Lipinski definition) is 4. The van der Waals surface area contributed by atoms with Crippen molar-refractivity contribution in [3.8, 4) is 5.75 Å². The Labute approximate surface area is 207 Å². The maximum absolute atomic E-state index is 12.6. The van der Waals surface area contributed by atoms with Crippen LogP contribution in [0.15, 0.2) is 91.1 Å². The van der Waals surface area contributed by atoms with Gasteiger partial charge >= 0.3 is 0 Å². The number of rotatable bonds is 8. The van der Waals surface area contributed by atoms with Crippen LogP contribution in [0, 0.1) is 0 Å². The number of carbonyl (C=O) groups is 1. The third-order valence-corrected chi connectivity index (χ3v) is 5.62. The predicted molar refractivity (Wildman–Crippen MR) is 142 cm³/mol. The fraction of sp³-hybridized carbons (Fsp3) is 0.0741. The molecule has 0 saturated heterocycles. The first-order chi connectivity index (χ1) is 17.6. The molecule has 0 spiro atoms. The van der Waals surface area contributed by atoms with Crippen LogP contribution in [0.3, 0.4) is 0 Å². The number of ether oxygens (including phenoxy) is 1. The smallest absolute Gasteiger partial charge is 0.255 e. The Hall–Kier alpha value is -5.05. The summed E-state index contributed by atoms with van der Waals surface area (Å²) in [6.45, 7) is 0.488. The van der Waals surface area contributed by atoms with E-state index in [1.165, 1.54) is 0 Å². The molecule has 180 valence electrons. The molecule has 3 aromatic carbocycles. The van der Waals surface area contributed by atoms with E-state index in [1.54, 1.807) is 35.9 Å². The van der Waals surface area contributed by atoms with E-state index in [2.05, 4.69) is 26.0 Å². The number of benzene rings is 3. The van der Waals surface area contributed by atoms with Gasteiger partial charge in [0, 0.05) is 24.0 Å². The number of nitrogens with two attached hydrogens (primary N) is 1. The molecule has 2 heterocycles. The fourth-order valence-electron chi connectivity index (χ4n) is 3.67. The lowest BCUT2D eigenvalue weighted by molar-refractivity contribution is 0.102. The van der Waals surface area contributed by atoms with E-state index in [1.807, 2.05) is 66.9 Å². The summed E-state index contributed by atoms with van der Waals surface area (Å²) in [5, 5.41) is 14.0. The fourth-order valence-corrected chi connectivity index (χ4v) is 3.67. The van der Waals surface area contributed by atoms with Crippen LogP contribution in [0.25, 0.3) is 5.52 Å². The monoisotopic (exact) mass is 479 g/mol. The average Bonchev–Trinajstić information content (AvgIpc) is 3.39. The van der Waals surface area contributed by atoms with Gasteiger partial charge in [-0.05, 0) is 66.2 Å². The normalized spacial score (nSPS) is 10.7. The first-order valence-corrected chi connectivity index (χ1v) is 11.3. The minimum absolute atomic E-state index is 0.219. The van der Waals surface area contributed by atoms with Gasteiger partial charge in [-0.3, -0.25) is 4.79 Å². The van der Waals surface area contributed by atoms with Gasteiger partial charge in [-0.2, -0.15) is 4.98 Å². The van der Waals surface area contributed by atoms with Crippen molar-refractivity contribution < 1.29 is 9.53 Å². The summed E-state index contributed by atoms with van der Waals surface area (Å²) in [5.41, 5.74) is 10.3. The van der Waals surface area contributed by atoms with Crippen molar-refractivity contribution in [2.24, 2.45) is 0 Å². The average molecular weight is 480 g/mol. The third-order valence-electron chi connectivity index (χ3n) is 5.62. The van der Waals surface area contributed by atoms with E-state index < -0.39 is 0 Å². The lowest BCUT2D eigenvalue weighted by Crippen LogP contribution is -2.13. The number of aromatic nitrogens is 3. The lowest BCUT2D eigenvalue weighted by atomic mass is 10.1. The Kier molecular flexibility index (Phi) is 6.35. The van der Waals surface area contributed by atoms with Crippen molar-refractivity contribution in [2.45, 2.75) is 6.54 Å². The standard InChI is InChI=1S/C27H25N7O2/c1-36-21-14-12-20(13-15-21)30-25-24-7-4-16-34(24)33-27(32-25)29-17-18-8-10-19(11-9-18)26(35)31-23-6-3-2-5-22(23)28/h2-16H,17,28H2,1H3,(H,31,35)(H2,29,30,32,33). The molecule has 9 nitrogen and oxygen atoms in total. The van der Waals surface area contributed by atoms with E-state index in [-0.39, 0.29) is 5.91 Å². The molecule has 0 aliphatic carbocycles. The van der Waals surface area contributed by atoms with Crippen molar-refractivity contribution in [1.82, 2.24) is 14.6 Å². The molecule has 5 rings (SSSR count). The molecule has 0 bridgehead atoms. The molecule has 0 unspecified atom stereocenters. The second-order valence-electron chi connectivity index (χ2n) is 8.07. The third kappa shape index (κ3) is 5.05. The van der Waals surface area contributed by atoms with Crippen molar-refractivity contribution in [3.63, 3.8) is 0 Å². The zero-order valence-corrected chi connectivity index (χ0v) is 19.6. The largest absolute Gasteiger partial charge is 0.497 e. The summed E-state index contributed by atoms with van der Waals surface area (Å²) in [4.78, 5) is 17.2. The highest BCUT2D eigenvalue weighted by molar-refractivity contribution is 6.05. The van der Waals surface area contributed by atoms with Crippen molar-refractivity contribution in [2.75, 3.05) is 28.8 Å². The lowest BCUT2D eigenvalue weighted by Gasteiger charge is -2.12. The van der Waals surface area contributed by atoms with Crippen LogP contribution in [0.4, 0.5) is 28.8 Å². The number of hydrogen-bond acceptors (Lipinski definition) is 7. The summed E-state index contributed by atoms with van der Waals surface area (Å²) in [5.74, 6) is 1.71. The predicted octanol–water partition coefficient (Wildman–Crippen LogP) is 4.93. The topological polar surface area (TPSA) is 119 Å². The number of nitrogens with zero attached hydrogens (tertiary/aromatic N) is 3. The Bertz CT molecular complexity index is 1500. The highest BCUT2D eigenvalue weighted by atomic mass is 16.5. The number of anilines is 5. The molecule has 5 N–H and O–H groups in total. The molecule has 36 heavy (non-hydrogen) atoms. The maximum atomic E-state index is 12.6. The van der Waals surface area contributed by atoms with Gasteiger partial charge in [-0.25, -0.2) is 4.52 Å². The van der Waals surface area contributed by atoms with Crippen molar-refractivity contribution >= 4 is 40.3 Å². The SMILES string of the molecule is COc1ccc(Nc2nc(NCc3ccc(C(=O)Nc4ccccc4N)cc3)nn3cccc23)cc1. The van der Waals surface area contributed by atoms with E-state index in [0.717, 1.165) is 22.5 Å². The molecule has 0 saturated carbocycles. The zero-order chi connectivity index (χ0) is 24.9. The van der Waals surface area contributed by atoms with Crippen LogP contribution >= 0.6 is 0 Å². The second kappa shape index (κ2) is 10.1. The zero-order valence-electron chi connectivity index (χ0n) is 19.6. The number of amides is 1. The Morgan fingerprint density at radius 3 is 2.50 bits per heavy atom. The molecule has 0 fully saturated rings. The van der Waals surface area contributed by atoms with Gasteiger partial charge in [0.2, 0.25) is 5.95 Å². The van der Waals surface area contributed by atoms with E-state index in [0.29, 0.717) is 35.2 Å². The second-order valence-corrected chi connectivity index (χ2v) is 8.07. The van der Waals surface area contributed by atoms with Crippen LogP contribution < -0.4 is 26.4 Å². The Morgan fingerprint density at radius 1 is 0.972 bits per heavy atom. The quantitative estimate of drug-likeness (QED) is 0.233. The van der Waals surface area contributed by atoms with Gasteiger partial charge in [-0.15, -0.1) is 5.10 Å². The summed E-state index contributed by atoms with van der Waals surface area (Å²) in [7, 11) is 1.64. The first kappa shape index (κ1) is 22.7. The number of para-hydroxylation sites is 2. The molecule has 0 atom stereocenters. The number of nitrogen functional groups attached to an aromatic ring is 1. The minimum Gasteiger partial charge on any atom is -0.497 e.